The number of ether oxygens (including phenoxy) is 3. The Bertz CT molecular complexity index is 1450. The van der Waals surface area contributed by atoms with Crippen molar-refractivity contribution in [3.05, 3.63) is 100 Å². The normalized spacial score (nSPS) is 27.9. The maximum absolute atomic E-state index is 14.3. The second kappa shape index (κ2) is 15.1. The van der Waals surface area contributed by atoms with Crippen molar-refractivity contribution in [1.82, 2.24) is 4.90 Å². The number of aliphatic hydroxyl groups excluding tert-OH is 1. The van der Waals surface area contributed by atoms with Crippen LogP contribution in [0.15, 0.2) is 60.7 Å². The standard InChI is InChI=1S/C37H46F2N2O4S/c1-3-24-6-7-25(35-20-29(42)21-36(45-35)46-2)17-26(24)16-23-4-9-30(10-5-23)44-31-12-14-41(15-13-31)28-19-34(40)37(43-22-28)32-18-27(38)8-11-33(32)39/h4-11,17-18,28-29,31,34-37,42H,3,12-16,19-22,40H2,1-2H3. The van der Waals surface area contributed by atoms with Crippen molar-refractivity contribution in [3.63, 3.8) is 0 Å². The fourth-order valence-electron chi connectivity index (χ4n) is 7.19. The molecule has 46 heavy (non-hydrogen) atoms. The molecule has 3 aromatic carbocycles. The number of piperidine rings is 1. The van der Waals surface area contributed by atoms with E-state index in [9.17, 15) is 13.9 Å². The smallest absolute Gasteiger partial charge is 0.129 e. The molecule has 0 spiro atoms. The first kappa shape index (κ1) is 33.4. The van der Waals surface area contributed by atoms with Gasteiger partial charge in [0.25, 0.3) is 0 Å². The van der Waals surface area contributed by atoms with Gasteiger partial charge in [-0.25, -0.2) is 8.78 Å². The number of nitrogens with zero attached hydrogens (tertiary/aromatic N) is 1. The molecule has 0 radical (unpaired) electrons. The lowest BCUT2D eigenvalue weighted by Gasteiger charge is -2.42. The number of likely N-dealkylation sites (tertiary alicyclic amines) is 1. The number of benzene rings is 3. The number of rotatable bonds is 9. The summed E-state index contributed by atoms with van der Waals surface area (Å²) in [6.07, 6.45) is 6.68. The van der Waals surface area contributed by atoms with Crippen LogP contribution in [0, 0.1) is 11.6 Å². The van der Waals surface area contributed by atoms with Crippen molar-refractivity contribution < 1.29 is 28.1 Å². The number of hydrogen-bond acceptors (Lipinski definition) is 7. The van der Waals surface area contributed by atoms with Crippen LogP contribution in [0.5, 0.6) is 5.75 Å². The van der Waals surface area contributed by atoms with E-state index in [0.717, 1.165) is 62.2 Å². The SMILES string of the molecule is CCc1ccc(C2CC(O)CC(SC)O2)cc1Cc1ccc(OC2CCN(C3COC(c4cc(F)ccc4F)C(N)C3)CC2)cc1. The fraction of sp³-hybridized carbons (Fsp3) is 0.514. The van der Waals surface area contributed by atoms with E-state index in [-0.39, 0.29) is 35.4 Å². The summed E-state index contributed by atoms with van der Waals surface area (Å²) in [6.45, 7) is 4.37. The first-order valence-corrected chi connectivity index (χ1v) is 17.9. The Morgan fingerprint density at radius 1 is 0.978 bits per heavy atom. The van der Waals surface area contributed by atoms with E-state index in [1.165, 1.54) is 22.8 Å². The molecule has 3 fully saturated rings. The summed E-state index contributed by atoms with van der Waals surface area (Å²) >= 11 is 1.66. The van der Waals surface area contributed by atoms with Crippen LogP contribution in [-0.2, 0) is 22.3 Å². The van der Waals surface area contributed by atoms with Gasteiger partial charge in [0.05, 0.1) is 18.8 Å². The van der Waals surface area contributed by atoms with Gasteiger partial charge in [0.1, 0.15) is 35.0 Å². The van der Waals surface area contributed by atoms with E-state index < -0.39 is 23.8 Å². The van der Waals surface area contributed by atoms with Gasteiger partial charge >= 0.3 is 0 Å². The molecule has 248 valence electrons. The number of halogens is 2. The Balaban J connectivity index is 1.00. The number of hydrogen-bond donors (Lipinski definition) is 2. The van der Waals surface area contributed by atoms with Gasteiger partial charge in [0.2, 0.25) is 0 Å². The van der Waals surface area contributed by atoms with Gasteiger partial charge in [-0.05, 0) is 90.9 Å². The first-order chi connectivity index (χ1) is 22.3. The molecule has 3 aliphatic rings. The van der Waals surface area contributed by atoms with Crippen molar-refractivity contribution in [3.8, 4) is 5.75 Å². The fourth-order valence-corrected chi connectivity index (χ4v) is 7.85. The van der Waals surface area contributed by atoms with Gasteiger partial charge in [-0.2, -0.15) is 0 Å². The Morgan fingerprint density at radius 3 is 2.48 bits per heavy atom. The summed E-state index contributed by atoms with van der Waals surface area (Å²) in [5.74, 6) is -0.0947. The van der Waals surface area contributed by atoms with Gasteiger partial charge in [-0.1, -0.05) is 37.3 Å². The summed E-state index contributed by atoms with van der Waals surface area (Å²) in [5, 5.41) is 10.4. The molecule has 6 rings (SSSR count). The Labute approximate surface area is 275 Å². The quantitative estimate of drug-likeness (QED) is 0.266. The average molecular weight is 653 g/mol. The molecule has 0 amide bonds. The van der Waals surface area contributed by atoms with Gasteiger partial charge in [-0.15, -0.1) is 11.8 Å². The van der Waals surface area contributed by atoms with Crippen LogP contribution >= 0.6 is 11.8 Å². The molecule has 0 saturated carbocycles. The van der Waals surface area contributed by atoms with Crippen LogP contribution in [0.25, 0.3) is 0 Å². The second-order valence-electron chi connectivity index (χ2n) is 12.9. The maximum atomic E-state index is 14.3. The van der Waals surface area contributed by atoms with Crippen molar-refractivity contribution in [2.75, 3.05) is 26.0 Å². The van der Waals surface area contributed by atoms with E-state index in [2.05, 4.69) is 54.3 Å². The minimum absolute atomic E-state index is 0.0235. The molecule has 6 unspecified atom stereocenters. The lowest BCUT2D eigenvalue weighted by molar-refractivity contribution is -0.0609. The molecule has 0 aliphatic carbocycles. The molecule has 3 saturated heterocycles. The highest BCUT2D eigenvalue weighted by Crippen LogP contribution is 2.36. The van der Waals surface area contributed by atoms with Crippen LogP contribution in [0.2, 0.25) is 0 Å². The first-order valence-electron chi connectivity index (χ1n) is 16.6. The highest BCUT2D eigenvalue weighted by molar-refractivity contribution is 7.99. The molecule has 3 heterocycles. The zero-order chi connectivity index (χ0) is 32.2. The van der Waals surface area contributed by atoms with E-state index in [1.54, 1.807) is 11.8 Å². The van der Waals surface area contributed by atoms with Gasteiger partial charge in [0, 0.05) is 43.6 Å². The van der Waals surface area contributed by atoms with Crippen LogP contribution in [0.1, 0.15) is 79.1 Å². The summed E-state index contributed by atoms with van der Waals surface area (Å²) in [4.78, 5) is 2.39. The minimum Gasteiger partial charge on any atom is -0.490 e. The predicted octanol–water partition coefficient (Wildman–Crippen LogP) is 6.72. The van der Waals surface area contributed by atoms with Crippen LogP contribution in [0.3, 0.4) is 0 Å². The van der Waals surface area contributed by atoms with E-state index in [0.29, 0.717) is 25.9 Å². The molecular weight excluding hydrogens is 606 g/mol. The van der Waals surface area contributed by atoms with Crippen LogP contribution < -0.4 is 10.5 Å². The summed E-state index contributed by atoms with van der Waals surface area (Å²) in [5.41, 5.74) is 11.6. The van der Waals surface area contributed by atoms with Crippen molar-refractivity contribution in [2.24, 2.45) is 5.73 Å². The molecule has 3 aromatic rings. The third kappa shape index (κ3) is 7.94. The summed E-state index contributed by atoms with van der Waals surface area (Å²) in [6, 6.07) is 18.3. The molecule has 0 aromatic heterocycles. The largest absolute Gasteiger partial charge is 0.490 e. The summed E-state index contributed by atoms with van der Waals surface area (Å²) < 4.78 is 46.7. The van der Waals surface area contributed by atoms with Crippen LogP contribution in [0.4, 0.5) is 8.78 Å². The zero-order valence-electron chi connectivity index (χ0n) is 26.7. The highest BCUT2D eigenvalue weighted by atomic mass is 32.2. The molecular formula is C37H46F2N2O4S. The van der Waals surface area contributed by atoms with Crippen LogP contribution in [-0.4, -0.2) is 65.7 Å². The highest BCUT2D eigenvalue weighted by Gasteiger charge is 2.36. The number of nitrogens with two attached hydrogens (primary N) is 1. The van der Waals surface area contributed by atoms with E-state index in [1.807, 2.05) is 6.26 Å². The summed E-state index contributed by atoms with van der Waals surface area (Å²) in [7, 11) is 0. The lowest BCUT2D eigenvalue weighted by Crippen LogP contribution is -2.52. The lowest BCUT2D eigenvalue weighted by atomic mass is 9.92. The number of aryl methyl sites for hydroxylation is 1. The van der Waals surface area contributed by atoms with E-state index in [4.69, 9.17) is 19.9 Å². The van der Waals surface area contributed by atoms with Gasteiger partial charge in [0.15, 0.2) is 0 Å². The number of aliphatic hydroxyl groups is 1. The average Bonchev–Trinajstić information content (AvgIpc) is 3.07. The second-order valence-corrected chi connectivity index (χ2v) is 13.9. The molecule has 3 aliphatic heterocycles. The topological polar surface area (TPSA) is 77.2 Å². The third-order valence-electron chi connectivity index (χ3n) is 9.79. The van der Waals surface area contributed by atoms with E-state index >= 15 is 0 Å². The maximum Gasteiger partial charge on any atom is 0.129 e. The minimum atomic E-state index is -0.638. The third-order valence-corrected chi connectivity index (χ3v) is 10.6. The molecule has 9 heteroatoms. The predicted molar refractivity (Wildman–Crippen MR) is 178 cm³/mol. The van der Waals surface area contributed by atoms with Crippen molar-refractivity contribution in [2.45, 2.75) is 93.8 Å². The Kier molecular flexibility index (Phi) is 11.0. The zero-order valence-corrected chi connectivity index (χ0v) is 27.6. The molecule has 6 atom stereocenters. The Morgan fingerprint density at radius 2 is 1.76 bits per heavy atom. The number of thioether (sulfide) groups is 1. The monoisotopic (exact) mass is 652 g/mol. The Hall–Kier alpha value is -2.53. The van der Waals surface area contributed by atoms with Crippen molar-refractivity contribution in [1.29, 1.82) is 0 Å². The van der Waals surface area contributed by atoms with Gasteiger partial charge in [-0.3, -0.25) is 4.90 Å². The molecule has 3 N–H and O–H groups in total. The molecule has 0 bridgehead atoms. The molecule has 6 nitrogen and oxygen atoms in total. The van der Waals surface area contributed by atoms with Gasteiger partial charge < -0.3 is 25.1 Å². The van der Waals surface area contributed by atoms with Crippen molar-refractivity contribution >= 4 is 11.8 Å².